The van der Waals surface area contributed by atoms with Crippen LogP contribution < -0.4 is 4.72 Å². The Hall–Kier alpha value is -0.230. The Morgan fingerprint density at radius 3 is 2.47 bits per heavy atom. The van der Waals surface area contributed by atoms with E-state index >= 15 is 0 Å². The van der Waals surface area contributed by atoms with Crippen LogP contribution in [0.4, 0.5) is 17.6 Å². The van der Waals surface area contributed by atoms with Gasteiger partial charge in [-0.15, -0.1) is 11.3 Å². The standard InChI is InChI=1S/C8H8BrF4NO3S2/c9-6-5(1-4(2-15)18-6)19(16,17)14-3-8(12,13)7(10)11/h1,7,14-15H,2-3H2. The lowest BCUT2D eigenvalue weighted by molar-refractivity contribution is -0.122. The lowest BCUT2D eigenvalue weighted by atomic mass is 10.4. The Labute approximate surface area is 118 Å². The maximum Gasteiger partial charge on any atom is 0.320 e. The second-order valence-electron chi connectivity index (χ2n) is 3.40. The zero-order chi connectivity index (χ0) is 14.8. The Morgan fingerprint density at radius 1 is 1.47 bits per heavy atom. The molecule has 2 N–H and O–H groups in total. The Bertz CT molecular complexity index is 546. The minimum atomic E-state index is -4.45. The van der Waals surface area contributed by atoms with Crippen LogP contribution in [0.15, 0.2) is 14.7 Å². The van der Waals surface area contributed by atoms with Crippen molar-refractivity contribution in [2.75, 3.05) is 6.54 Å². The Balaban J connectivity index is 2.90. The summed E-state index contributed by atoms with van der Waals surface area (Å²) in [7, 11) is -4.36. The molecule has 19 heavy (non-hydrogen) atoms. The summed E-state index contributed by atoms with van der Waals surface area (Å²) < 4.78 is 73.9. The summed E-state index contributed by atoms with van der Waals surface area (Å²) in [4.78, 5) is -0.0977. The molecule has 0 bridgehead atoms. The molecule has 0 radical (unpaired) electrons. The van der Waals surface area contributed by atoms with Crippen LogP contribution in [0.25, 0.3) is 0 Å². The number of aliphatic hydroxyl groups excluding tert-OH is 1. The highest BCUT2D eigenvalue weighted by molar-refractivity contribution is 9.11. The molecule has 0 amide bonds. The summed E-state index contributed by atoms with van der Waals surface area (Å²) in [5.41, 5.74) is 0. The molecule has 1 aromatic heterocycles. The summed E-state index contributed by atoms with van der Waals surface area (Å²) in [5, 5.41) is 8.83. The maximum atomic E-state index is 12.6. The highest BCUT2D eigenvalue weighted by atomic mass is 79.9. The fourth-order valence-corrected chi connectivity index (χ4v) is 4.59. The van der Waals surface area contributed by atoms with Gasteiger partial charge >= 0.3 is 12.3 Å². The van der Waals surface area contributed by atoms with Gasteiger partial charge in [0.15, 0.2) is 0 Å². The van der Waals surface area contributed by atoms with Gasteiger partial charge in [0.2, 0.25) is 10.0 Å². The van der Waals surface area contributed by atoms with E-state index in [0.29, 0.717) is 0 Å². The van der Waals surface area contributed by atoms with Gasteiger partial charge in [-0.05, 0) is 22.0 Å². The van der Waals surface area contributed by atoms with Crippen molar-refractivity contribution < 1.29 is 31.1 Å². The van der Waals surface area contributed by atoms with E-state index in [1.807, 2.05) is 0 Å². The van der Waals surface area contributed by atoms with Crippen LogP contribution in [0.2, 0.25) is 0 Å². The maximum absolute atomic E-state index is 12.6. The van der Waals surface area contributed by atoms with Gasteiger partial charge in [-0.3, -0.25) is 0 Å². The van der Waals surface area contributed by atoms with E-state index in [4.69, 9.17) is 5.11 Å². The number of thiophene rings is 1. The van der Waals surface area contributed by atoms with Crippen molar-refractivity contribution in [2.45, 2.75) is 23.9 Å². The molecule has 0 spiro atoms. The molecule has 0 saturated heterocycles. The monoisotopic (exact) mass is 385 g/mol. The predicted octanol–water partition coefficient (Wildman–Crippen LogP) is 2.18. The van der Waals surface area contributed by atoms with Crippen LogP contribution in [0.1, 0.15) is 4.88 Å². The van der Waals surface area contributed by atoms with Gasteiger partial charge < -0.3 is 5.11 Å². The number of hydrogen-bond donors (Lipinski definition) is 2. The fraction of sp³-hybridized carbons (Fsp3) is 0.500. The lowest BCUT2D eigenvalue weighted by Crippen LogP contribution is -2.41. The van der Waals surface area contributed by atoms with Crippen LogP contribution >= 0.6 is 27.3 Å². The van der Waals surface area contributed by atoms with Gasteiger partial charge in [0, 0.05) is 4.88 Å². The first kappa shape index (κ1) is 16.8. The van der Waals surface area contributed by atoms with Gasteiger partial charge in [0.1, 0.15) is 4.90 Å². The summed E-state index contributed by atoms with van der Waals surface area (Å²) >= 11 is 3.79. The molecule has 0 aliphatic carbocycles. The zero-order valence-electron chi connectivity index (χ0n) is 9.04. The molecule has 110 valence electrons. The van der Waals surface area contributed by atoms with Gasteiger partial charge in [0.05, 0.1) is 16.9 Å². The number of aliphatic hydroxyl groups is 1. The number of sulfonamides is 1. The minimum Gasteiger partial charge on any atom is -0.391 e. The van der Waals surface area contributed by atoms with Crippen LogP contribution in [-0.2, 0) is 16.6 Å². The Morgan fingerprint density at radius 2 is 2.05 bits per heavy atom. The molecule has 0 aliphatic heterocycles. The number of rotatable bonds is 6. The summed E-state index contributed by atoms with van der Waals surface area (Å²) in [6.45, 7) is -2.13. The van der Waals surface area contributed by atoms with E-state index in [0.717, 1.165) is 17.4 Å². The van der Waals surface area contributed by atoms with Crippen molar-refractivity contribution in [3.63, 3.8) is 0 Å². The average Bonchev–Trinajstić information content (AvgIpc) is 2.69. The first-order valence-corrected chi connectivity index (χ1v) is 7.74. The fourth-order valence-electron chi connectivity index (χ4n) is 1.01. The molecular weight excluding hydrogens is 378 g/mol. The Kier molecular flexibility index (Phi) is 5.35. The van der Waals surface area contributed by atoms with Crippen molar-refractivity contribution in [1.29, 1.82) is 0 Å². The number of halogens is 5. The number of nitrogens with one attached hydrogen (secondary N) is 1. The van der Waals surface area contributed by atoms with E-state index in [9.17, 15) is 26.0 Å². The molecule has 1 heterocycles. The molecule has 4 nitrogen and oxygen atoms in total. The second-order valence-corrected chi connectivity index (χ2v) is 7.59. The van der Waals surface area contributed by atoms with E-state index in [-0.39, 0.29) is 13.6 Å². The molecule has 0 fully saturated rings. The summed E-state index contributed by atoms with van der Waals surface area (Å²) in [5.74, 6) is -4.45. The first-order chi connectivity index (χ1) is 8.60. The lowest BCUT2D eigenvalue weighted by Gasteiger charge is -2.15. The topological polar surface area (TPSA) is 66.4 Å². The van der Waals surface area contributed by atoms with Crippen LogP contribution in [0.3, 0.4) is 0 Å². The van der Waals surface area contributed by atoms with Crippen LogP contribution in [0.5, 0.6) is 0 Å². The van der Waals surface area contributed by atoms with E-state index < -0.39 is 35.5 Å². The first-order valence-electron chi connectivity index (χ1n) is 4.65. The number of hydrogen-bond acceptors (Lipinski definition) is 4. The van der Waals surface area contributed by atoms with Crippen LogP contribution in [-0.4, -0.2) is 32.4 Å². The largest absolute Gasteiger partial charge is 0.391 e. The van der Waals surface area contributed by atoms with Crippen molar-refractivity contribution in [1.82, 2.24) is 4.72 Å². The van der Waals surface area contributed by atoms with Gasteiger partial charge in [-0.2, -0.15) is 8.78 Å². The SMILES string of the molecule is O=S(=O)(NCC(F)(F)C(F)F)c1cc(CO)sc1Br. The molecule has 0 unspecified atom stereocenters. The van der Waals surface area contributed by atoms with Crippen molar-refractivity contribution >= 4 is 37.3 Å². The summed E-state index contributed by atoms with van der Waals surface area (Å²) in [6, 6.07) is 1.07. The van der Waals surface area contributed by atoms with E-state index in [2.05, 4.69) is 15.9 Å². The molecule has 0 atom stereocenters. The molecular formula is C8H8BrF4NO3S2. The third kappa shape index (κ3) is 4.12. The van der Waals surface area contributed by atoms with Crippen molar-refractivity contribution in [3.05, 3.63) is 14.7 Å². The summed E-state index contributed by atoms with van der Waals surface area (Å²) in [6.07, 6.45) is -3.96. The van der Waals surface area contributed by atoms with Gasteiger partial charge in [-0.1, -0.05) is 0 Å². The zero-order valence-corrected chi connectivity index (χ0v) is 12.3. The van der Waals surface area contributed by atoms with Crippen LogP contribution in [0, 0.1) is 0 Å². The minimum absolute atomic E-state index is 0.0874. The highest BCUT2D eigenvalue weighted by Gasteiger charge is 2.41. The van der Waals surface area contributed by atoms with Gasteiger partial charge in [0.25, 0.3) is 0 Å². The number of alkyl halides is 4. The second kappa shape index (κ2) is 6.04. The average molecular weight is 386 g/mol. The predicted molar refractivity (Wildman–Crippen MR) is 64.1 cm³/mol. The molecule has 0 aliphatic rings. The molecule has 0 saturated carbocycles. The third-order valence-corrected chi connectivity index (χ3v) is 5.61. The molecule has 11 heteroatoms. The van der Waals surface area contributed by atoms with E-state index in [1.165, 1.54) is 4.72 Å². The molecule has 1 rings (SSSR count). The molecule has 1 aromatic rings. The highest BCUT2D eigenvalue weighted by Crippen LogP contribution is 2.32. The van der Waals surface area contributed by atoms with Crippen molar-refractivity contribution in [2.24, 2.45) is 0 Å². The van der Waals surface area contributed by atoms with Crippen molar-refractivity contribution in [3.8, 4) is 0 Å². The van der Waals surface area contributed by atoms with E-state index in [1.54, 1.807) is 0 Å². The normalized spacial score (nSPS) is 13.2. The van der Waals surface area contributed by atoms with Gasteiger partial charge in [-0.25, -0.2) is 21.9 Å². The molecule has 0 aromatic carbocycles. The smallest absolute Gasteiger partial charge is 0.320 e. The quantitative estimate of drug-likeness (QED) is 0.737. The third-order valence-electron chi connectivity index (χ3n) is 1.97.